The molecule has 2 N–H and O–H groups in total. The molecular formula is C16H19N3O. The molecule has 20 heavy (non-hydrogen) atoms. The summed E-state index contributed by atoms with van der Waals surface area (Å²) in [5.41, 5.74) is 4.37. The largest absolute Gasteiger partial charge is 0.357 e. The lowest BCUT2D eigenvalue weighted by Gasteiger charge is -2.19. The monoisotopic (exact) mass is 269 g/mol. The van der Waals surface area contributed by atoms with Gasteiger partial charge in [0.15, 0.2) is 0 Å². The molecular weight excluding hydrogens is 250 g/mol. The minimum Gasteiger partial charge on any atom is -0.357 e. The van der Waals surface area contributed by atoms with Crippen LogP contribution in [0, 0.1) is 0 Å². The molecule has 1 amide bonds. The lowest BCUT2D eigenvalue weighted by atomic mass is 9.95. The van der Waals surface area contributed by atoms with Crippen LogP contribution in [-0.4, -0.2) is 17.0 Å². The van der Waals surface area contributed by atoms with Gasteiger partial charge in [0.1, 0.15) is 0 Å². The highest BCUT2D eigenvalue weighted by Gasteiger charge is 2.16. The molecule has 0 saturated heterocycles. The van der Waals surface area contributed by atoms with Gasteiger partial charge in [0.05, 0.1) is 0 Å². The van der Waals surface area contributed by atoms with Crippen molar-refractivity contribution in [1.82, 2.24) is 15.2 Å². The first kappa shape index (κ1) is 12.9. The predicted molar refractivity (Wildman–Crippen MR) is 78.4 cm³/mol. The van der Waals surface area contributed by atoms with Crippen LogP contribution >= 0.6 is 0 Å². The van der Waals surface area contributed by atoms with Crippen molar-refractivity contribution in [3.8, 4) is 0 Å². The van der Waals surface area contributed by atoms with Gasteiger partial charge in [-0.15, -0.1) is 0 Å². The second kappa shape index (κ2) is 5.51. The topological polar surface area (TPSA) is 46.1 Å². The number of aromatic nitrogens is 1. The van der Waals surface area contributed by atoms with Crippen LogP contribution in [0.4, 0.5) is 0 Å². The van der Waals surface area contributed by atoms with Gasteiger partial charge in [-0.3, -0.25) is 4.79 Å². The Hall–Kier alpha value is -2.07. The Balaban J connectivity index is 1.74. The van der Waals surface area contributed by atoms with Crippen LogP contribution in [0.2, 0.25) is 0 Å². The zero-order valence-corrected chi connectivity index (χ0v) is 11.6. The molecule has 4 nitrogen and oxygen atoms in total. The van der Waals surface area contributed by atoms with E-state index < -0.39 is 0 Å². The first-order valence-corrected chi connectivity index (χ1v) is 6.94. The van der Waals surface area contributed by atoms with Gasteiger partial charge in [0.2, 0.25) is 0 Å². The summed E-state index contributed by atoms with van der Waals surface area (Å²) in [6.45, 7) is 2.37. The number of nitrogens with zero attached hydrogens (tertiary/aromatic N) is 1. The minimum absolute atomic E-state index is 0.0209. The molecule has 0 spiro atoms. The van der Waals surface area contributed by atoms with E-state index in [-0.39, 0.29) is 5.91 Å². The van der Waals surface area contributed by atoms with Gasteiger partial charge in [-0.05, 0) is 41.8 Å². The van der Waals surface area contributed by atoms with Crippen molar-refractivity contribution in [2.45, 2.75) is 19.5 Å². The van der Waals surface area contributed by atoms with Crippen molar-refractivity contribution < 1.29 is 4.79 Å². The molecule has 1 aliphatic rings. The average molecular weight is 269 g/mol. The molecule has 3 rings (SSSR count). The first-order valence-electron chi connectivity index (χ1n) is 6.94. The average Bonchev–Trinajstić information content (AvgIpc) is 2.90. The molecule has 1 aliphatic heterocycles. The van der Waals surface area contributed by atoms with Crippen LogP contribution in [0.15, 0.2) is 36.7 Å². The summed E-state index contributed by atoms with van der Waals surface area (Å²) in [6.07, 6.45) is 4.92. The highest BCUT2D eigenvalue weighted by atomic mass is 16.1. The highest BCUT2D eigenvalue weighted by molar-refractivity contribution is 5.96. The number of nitrogens with one attached hydrogen (secondary N) is 2. The van der Waals surface area contributed by atoms with Crippen molar-refractivity contribution in [2.75, 3.05) is 6.54 Å². The van der Waals surface area contributed by atoms with Gasteiger partial charge >= 0.3 is 0 Å². The van der Waals surface area contributed by atoms with Gasteiger partial charge in [0, 0.05) is 38.1 Å². The van der Waals surface area contributed by atoms with E-state index in [0.717, 1.165) is 30.6 Å². The Morgan fingerprint density at radius 2 is 2.30 bits per heavy atom. The molecule has 1 aromatic heterocycles. The lowest BCUT2D eigenvalue weighted by molar-refractivity contribution is 0.0949. The molecule has 4 heteroatoms. The summed E-state index contributed by atoms with van der Waals surface area (Å²) < 4.78 is 1.98. The molecule has 2 heterocycles. The summed E-state index contributed by atoms with van der Waals surface area (Å²) in [7, 11) is 1.98. The maximum atomic E-state index is 12.4. The van der Waals surface area contributed by atoms with E-state index in [1.807, 2.05) is 42.2 Å². The highest BCUT2D eigenvalue weighted by Crippen LogP contribution is 2.18. The van der Waals surface area contributed by atoms with Gasteiger partial charge in [-0.25, -0.2) is 0 Å². The standard InChI is InChI=1S/C16H19N3O/c1-19-8-6-12(11-19)9-18-16(20)15-4-2-3-13-10-17-7-5-14(13)15/h2-4,6,8,11,17H,5,7,9-10H2,1H3,(H,18,20). The third-order valence-corrected chi connectivity index (χ3v) is 3.73. The Bertz CT molecular complexity index is 630. The van der Waals surface area contributed by atoms with Crippen molar-refractivity contribution in [2.24, 2.45) is 7.05 Å². The number of carbonyl (C=O) groups is 1. The molecule has 0 radical (unpaired) electrons. The van der Waals surface area contributed by atoms with Crippen molar-refractivity contribution >= 4 is 5.91 Å². The number of hydrogen-bond donors (Lipinski definition) is 2. The van der Waals surface area contributed by atoms with Gasteiger partial charge in [-0.2, -0.15) is 0 Å². The van der Waals surface area contributed by atoms with E-state index >= 15 is 0 Å². The van der Waals surface area contributed by atoms with Crippen molar-refractivity contribution in [3.63, 3.8) is 0 Å². The summed E-state index contributed by atoms with van der Waals surface area (Å²) in [5, 5.41) is 6.34. The molecule has 0 aliphatic carbocycles. The maximum absolute atomic E-state index is 12.4. The predicted octanol–water partition coefficient (Wildman–Crippen LogP) is 1.60. The van der Waals surface area contributed by atoms with Gasteiger partial charge in [0.25, 0.3) is 5.91 Å². The van der Waals surface area contributed by atoms with E-state index in [1.54, 1.807) is 0 Å². The molecule has 0 fully saturated rings. The maximum Gasteiger partial charge on any atom is 0.251 e. The van der Waals surface area contributed by atoms with Crippen LogP contribution in [0.25, 0.3) is 0 Å². The molecule has 2 aromatic rings. The van der Waals surface area contributed by atoms with Crippen LogP contribution < -0.4 is 10.6 Å². The molecule has 0 bridgehead atoms. The number of carbonyl (C=O) groups excluding carboxylic acids is 1. The number of benzene rings is 1. The molecule has 0 atom stereocenters. The summed E-state index contributed by atoms with van der Waals surface area (Å²) in [4.78, 5) is 12.4. The van der Waals surface area contributed by atoms with E-state index in [4.69, 9.17) is 0 Å². The quantitative estimate of drug-likeness (QED) is 0.889. The van der Waals surface area contributed by atoms with Crippen LogP contribution in [-0.2, 0) is 26.6 Å². The number of hydrogen-bond acceptors (Lipinski definition) is 2. The molecule has 1 aromatic carbocycles. The fourth-order valence-corrected chi connectivity index (χ4v) is 2.69. The lowest BCUT2D eigenvalue weighted by Crippen LogP contribution is -2.29. The Labute approximate surface area is 118 Å². The fraction of sp³-hybridized carbons (Fsp3) is 0.312. The SMILES string of the molecule is Cn1ccc(CNC(=O)c2cccc3c2CCNC3)c1. The third kappa shape index (κ3) is 2.60. The number of fused-ring (bicyclic) bond motifs is 1. The first-order chi connectivity index (χ1) is 9.74. The zero-order valence-electron chi connectivity index (χ0n) is 11.6. The second-order valence-corrected chi connectivity index (χ2v) is 5.24. The second-order valence-electron chi connectivity index (χ2n) is 5.24. The van der Waals surface area contributed by atoms with Gasteiger partial charge in [-0.1, -0.05) is 12.1 Å². The van der Waals surface area contributed by atoms with Gasteiger partial charge < -0.3 is 15.2 Å². The Kier molecular flexibility index (Phi) is 3.56. The van der Waals surface area contributed by atoms with E-state index in [1.165, 1.54) is 11.1 Å². The van der Waals surface area contributed by atoms with E-state index in [9.17, 15) is 4.79 Å². The summed E-state index contributed by atoms with van der Waals surface area (Å²) in [6, 6.07) is 7.99. The fourth-order valence-electron chi connectivity index (χ4n) is 2.69. The number of aryl methyl sites for hydroxylation is 1. The molecule has 0 unspecified atom stereocenters. The number of amides is 1. The van der Waals surface area contributed by atoms with Crippen LogP contribution in [0.1, 0.15) is 27.0 Å². The zero-order chi connectivity index (χ0) is 13.9. The molecule has 0 saturated carbocycles. The smallest absolute Gasteiger partial charge is 0.251 e. The molecule has 104 valence electrons. The summed E-state index contributed by atoms with van der Waals surface area (Å²) >= 11 is 0. The normalized spacial score (nSPS) is 13.8. The van der Waals surface area contributed by atoms with E-state index in [2.05, 4.69) is 16.7 Å². The Morgan fingerprint density at radius 3 is 3.10 bits per heavy atom. The number of rotatable bonds is 3. The third-order valence-electron chi connectivity index (χ3n) is 3.73. The minimum atomic E-state index is 0.0209. The van der Waals surface area contributed by atoms with E-state index in [0.29, 0.717) is 6.54 Å². The van der Waals surface area contributed by atoms with Crippen molar-refractivity contribution in [1.29, 1.82) is 0 Å². The van der Waals surface area contributed by atoms with Crippen molar-refractivity contribution in [3.05, 3.63) is 58.9 Å². The Morgan fingerprint density at radius 1 is 1.40 bits per heavy atom. The van der Waals surface area contributed by atoms with Crippen LogP contribution in [0.5, 0.6) is 0 Å². The van der Waals surface area contributed by atoms with Crippen LogP contribution in [0.3, 0.4) is 0 Å². The summed E-state index contributed by atoms with van der Waals surface area (Å²) in [5.74, 6) is 0.0209.